The van der Waals surface area contributed by atoms with Crippen LogP contribution in [-0.2, 0) is 11.3 Å². The number of ether oxygens (including phenoxy) is 2. The van der Waals surface area contributed by atoms with Crippen LogP contribution in [0.1, 0.15) is 6.92 Å². The van der Waals surface area contributed by atoms with Crippen molar-refractivity contribution in [3.05, 3.63) is 17.9 Å². The van der Waals surface area contributed by atoms with E-state index >= 15 is 0 Å². The lowest BCUT2D eigenvalue weighted by atomic mass is 10.2. The third kappa shape index (κ3) is 2.11. The highest BCUT2D eigenvalue weighted by Crippen LogP contribution is 2.26. The summed E-state index contributed by atoms with van der Waals surface area (Å²) in [6.07, 6.45) is -0.0132. The first-order chi connectivity index (χ1) is 8.56. The van der Waals surface area contributed by atoms with Crippen LogP contribution in [0.2, 0.25) is 0 Å². The molecule has 6 heteroatoms. The van der Waals surface area contributed by atoms with Crippen molar-refractivity contribution in [3.8, 4) is 5.75 Å². The van der Waals surface area contributed by atoms with E-state index in [1.165, 1.54) is 13.2 Å². The van der Waals surface area contributed by atoms with Gasteiger partial charge in [0.1, 0.15) is 0 Å². The Morgan fingerprint density at radius 3 is 2.78 bits per heavy atom. The van der Waals surface area contributed by atoms with Crippen LogP contribution in [0, 0.1) is 5.82 Å². The Morgan fingerprint density at radius 2 is 2.17 bits per heavy atom. The minimum absolute atomic E-state index is 0.0132. The van der Waals surface area contributed by atoms with Gasteiger partial charge in [0.15, 0.2) is 11.6 Å². The molecule has 0 radical (unpaired) electrons. The minimum atomic E-state index is -0.450. The fourth-order valence-electron chi connectivity index (χ4n) is 1.83. The van der Waals surface area contributed by atoms with Crippen LogP contribution in [0.5, 0.6) is 5.75 Å². The number of nitrogen functional groups attached to an aromatic ring is 1. The lowest BCUT2D eigenvalue weighted by molar-refractivity contribution is 0.105. The molecule has 1 unspecified atom stereocenters. The molecule has 0 fully saturated rings. The summed E-state index contributed by atoms with van der Waals surface area (Å²) in [5.41, 5.74) is 7.07. The van der Waals surface area contributed by atoms with Gasteiger partial charge in [-0.1, -0.05) is 0 Å². The van der Waals surface area contributed by atoms with Crippen molar-refractivity contribution in [2.45, 2.75) is 19.6 Å². The van der Waals surface area contributed by atoms with Crippen LogP contribution in [0.3, 0.4) is 0 Å². The average Bonchev–Trinajstić information content (AvgIpc) is 2.64. The molecule has 2 rings (SSSR count). The molecular formula is C12H16FN3O2. The zero-order valence-corrected chi connectivity index (χ0v) is 10.6. The van der Waals surface area contributed by atoms with E-state index in [9.17, 15) is 4.39 Å². The molecule has 0 spiro atoms. The fourth-order valence-corrected chi connectivity index (χ4v) is 1.83. The number of nitrogens with zero attached hydrogens (tertiary/aromatic N) is 2. The molecule has 0 aliphatic rings. The van der Waals surface area contributed by atoms with Gasteiger partial charge in [0.2, 0.25) is 5.95 Å². The third-order valence-corrected chi connectivity index (χ3v) is 2.89. The molecule has 0 aliphatic heterocycles. The van der Waals surface area contributed by atoms with Gasteiger partial charge < -0.3 is 19.8 Å². The molecule has 0 saturated carbocycles. The van der Waals surface area contributed by atoms with E-state index in [-0.39, 0.29) is 11.9 Å². The first-order valence-electron chi connectivity index (χ1n) is 5.58. The molecule has 0 aliphatic carbocycles. The van der Waals surface area contributed by atoms with Gasteiger partial charge in [0.25, 0.3) is 0 Å². The van der Waals surface area contributed by atoms with Crippen molar-refractivity contribution in [2.24, 2.45) is 0 Å². The number of halogens is 1. The number of hydrogen-bond acceptors (Lipinski definition) is 4. The molecule has 98 valence electrons. The van der Waals surface area contributed by atoms with E-state index in [2.05, 4.69) is 4.98 Å². The van der Waals surface area contributed by atoms with Crippen molar-refractivity contribution in [2.75, 3.05) is 20.0 Å². The number of benzene rings is 1. The highest BCUT2D eigenvalue weighted by molar-refractivity contribution is 5.80. The molecule has 2 aromatic rings. The topological polar surface area (TPSA) is 62.3 Å². The van der Waals surface area contributed by atoms with Crippen LogP contribution < -0.4 is 10.5 Å². The molecule has 1 atom stereocenters. The predicted molar refractivity (Wildman–Crippen MR) is 67.1 cm³/mol. The number of imidazole rings is 1. The maximum absolute atomic E-state index is 13.5. The van der Waals surface area contributed by atoms with Crippen LogP contribution in [0.15, 0.2) is 12.1 Å². The van der Waals surface area contributed by atoms with Crippen molar-refractivity contribution in [1.82, 2.24) is 9.55 Å². The normalized spacial score (nSPS) is 12.9. The Labute approximate surface area is 104 Å². The van der Waals surface area contributed by atoms with Gasteiger partial charge in [-0.25, -0.2) is 9.37 Å². The lowest BCUT2D eigenvalue weighted by Crippen LogP contribution is -2.16. The summed E-state index contributed by atoms with van der Waals surface area (Å²) in [4.78, 5) is 4.13. The highest BCUT2D eigenvalue weighted by atomic mass is 19.1. The summed E-state index contributed by atoms with van der Waals surface area (Å²) in [6.45, 7) is 2.47. The highest BCUT2D eigenvalue weighted by Gasteiger charge is 2.14. The number of methoxy groups -OCH3 is 2. The van der Waals surface area contributed by atoms with E-state index in [4.69, 9.17) is 15.2 Å². The SMILES string of the molecule is COc1cc2c(cc1F)nc(N)n2CC(C)OC. The van der Waals surface area contributed by atoms with Crippen molar-refractivity contribution < 1.29 is 13.9 Å². The van der Waals surface area contributed by atoms with E-state index in [1.54, 1.807) is 17.7 Å². The Kier molecular flexibility index (Phi) is 3.38. The van der Waals surface area contributed by atoms with Gasteiger partial charge in [-0.2, -0.15) is 0 Å². The molecule has 1 aromatic carbocycles. The van der Waals surface area contributed by atoms with Crippen molar-refractivity contribution in [3.63, 3.8) is 0 Å². The number of aromatic nitrogens is 2. The van der Waals surface area contributed by atoms with Gasteiger partial charge >= 0.3 is 0 Å². The summed E-state index contributed by atoms with van der Waals surface area (Å²) in [6, 6.07) is 2.91. The zero-order chi connectivity index (χ0) is 13.3. The molecule has 0 saturated heterocycles. The van der Waals surface area contributed by atoms with Gasteiger partial charge in [-0.3, -0.25) is 0 Å². The second-order valence-corrected chi connectivity index (χ2v) is 4.10. The number of hydrogen-bond donors (Lipinski definition) is 1. The summed E-state index contributed by atoms with van der Waals surface area (Å²) in [5, 5.41) is 0. The standard InChI is InChI=1S/C12H16FN3O2/c1-7(17-2)6-16-10-5-11(18-3)8(13)4-9(10)15-12(16)14/h4-5,7H,6H2,1-3H3,(H2,14,15). The average molecular weight is 253 g/mol. The molecule has 18 heavy (non-hydrogen) atoms. The number of fused-ring (bicyclic) bond motifs is 1. The molecule has 0 bridgehead atoms. The van der Waals surface area contributed by atoms with E-state index in [0.29, 0.717) is 18.0 Å². The van der Waals surface area contributed by atoms with Crippen LogP contribution in [-0.4, -0.2) is 29.9 Å². The van der Waals surface area contributed by atoms with Gasteiger partial charge in [-0.15, -0.1) is 0 Å². The maximum atomic E-state index is 13.5. The molecule has 1 aromatic heterocycles. The molecular weight excluding hydrogens is 237 g/mol. The van der Waals surface area contributed by atoms with E-state index < -0.39 is 5.82 Å². The second kappa shape index (κ2) is 4.81. The number of rotatable bonds is 4. The first kappa shape index (κ1) is 12.6. The van der Waals surface area contributed by atoms with Gasteiger partial charge in [0.05, 0.1) is 30.8 Å². The monoisotopic (exact) mass is 253 g/mol. The third-order valence-electron chi connectivity index (χ3n) is 2.89. The van der Waals surface area contributed by atoms with Crippen LogP contribution in [0.4, 0.5) is 10.3 Å². The summed E-state index contributed by atoms with van der Waals surface area (Å²) in [5.74, 6) is 0.0599. The quantitative estimate of drug-likeness (QED) is 0.902. The van der Waals surface area contributed by atoms with Gasteiger partial charge in [0, 0.05) is 19.2 Å². The summed E-state index contributed by atoms with van der Waals surface area (Å²) >= 11 is 0. The number of anilines is 1. The molecule has 2 N–H and O–H groups in total. The van der Waals surface area contributed by atoms with E-state index in [1.807, 2.05) is 6.92 Å². The lowest BCUT2D eigenvalue weighted by Gasteiger charge is -2.12. The fraction of sp³-hybridized carbons (Fsp3) is 0.417. The Morgan fingerprint density at radius 1 is 1.44 bits per heavy atom. The van der Waals surface area contributed by atoms with Crippen LogP contribution in [0.25, 0.3) is 11.0 Å². The Hall–Kier alpha value is -1.82. The summed E-state index contributed by atoms with van der Waals surface area (Å²) in [7, 11) is 3.05. The first-order valence-corrected chi connectivity index (χ1v) is 5.58. The second-order valence-electron chi connectivity index (χ2n) is 4.10. The van der Waals surface area contributed by atoms with Crippen molar-refractivity contribution in [1.29, 1.82) is 0 Å². The zero-order valence-electron chi connectivity index (χ0n) is 10.6. The number of nitrogens with two attached hydrogens (primary N) is 1. The molecule has 1 heterocycles. The Balaban J connectivity index is 2.55. The smallest absolute Gasteiger partial charge is 0.201 e. The maximum Gasteiger partial charge on any atom is 0.201 e. The van der Waals surface area contributed by atoms with Crippen molar-refractivity contribution >= 4 is 17.0 Å². The molecule has 0 amide bonds. The largest absolute Gasteiger partial charge is 0.494 e. The Bertz CT molecular complexity index is 568. The van der Waals surface area contributed by atoms with Crippen LogP contribution >= 0.6 is 0 Å². The summed E-state index contributed by atoms with van der Waals surface area (Å²) < 4.78 is 25.5. The van der Waals surface area contributed by atoms with Gasteiger partial charge in [-0.05, 0) is 6.92 Å². The minimum Gasteiger partial charge on any atom is -0.494 e. The molecule has 5 nitrogen and oxygen atoms in total. The van der Waals surface area contributed by atoms with E-state index in [0.717, 1.165) is 5.52 Å². The predicted octanol–water partition coefficient (Wildman–Crippen LogP) is 1.80.